The van der Waals surface area contributed by atoms with Crippen molar-refractivity contribution in [3.63, 3.8) is 0 Å². The number of rotatable bonds is 6. The van der Waals surface area contributed by atoms with Crippen molar-refractivity contribution in [2.75, 3.05) is 13.6 Å². The first kappa shape index (κ1) is 17.0. The van der Waals surface area contributed by atoms with Gasteiger partial charge in [0.15, 0.2) is 5.82 Å². The summed E-state index contributed by atoms with van der Waals surface area (Å²) < 4.78 is 36.6. The Morgan fingerprint density at radius 1 is 1.57 bits per heavy atom. The lowest BCUT2D eigenvalue weighted by molar-refractivity contribution is -0.404. The maximum Gasteiger partial charge on any atom is 0.405 e. The first-order valence-corrected chi connectivity index (χ1v) is 6.02. The molecule has 0 aliphatic rings. The predicted molar refractivity (Wildman–Crippen MR) is 69.8 cm³/mol. The van der Waals surface area contributed by atoms with Gasteiger partial charge in [0.05, 0.1) is 4.92 Å². The Hall–Kier alpha value is -2.03. The van der Waals surface area contributed by atoms with Crippen molar-refractivity contribution in [2.24, 2.45) is 0 Å². The van der Waals surface area contributed by atoms with Gasteiger partial charge in [-0.25, -0.2) is 4.98 Å². The Labute approximate surface area is 123 Å². The fraction of sp³-hybridized carbons (Fsp3) is 0.364. The van der Waals surface area contributed by atoms with E-state index in [0.29, 0.717) is 11.8 Å². The monoisotopic (exact) mass is 324 g/mol. The van der Waals surface area contributed by atoms with Gasteiger partial charge in [0.2, 0.25) is 0 Å². The molecule has 21 heavy (non-hydrogen) atoms. The van der Waals surface area contributed by atoms with Crippen LogP contribution in [0.15, 0.2) is 30.4 Å². The molecule has 0 spiro atoms. The molecule has 0 aromatic carbocycles. The van der Waals surface area contributed by atoms with Crippen molar-refractivity contribution in [2.45, 2.75) is 12.7 Å². The van der Waals surface area contributed by atoms with Crippen LogP contribution < -0.4 is 5.32 Å². The maximum absolute atomic E-state index is 12.2. The molecule has 1 rings (SSSR count). The molecule has 0 amide bonds. The van der Waals surface area contributed by atoms with E-state index >= 15 is 0 Å². The van der Waals surface area contributed by atoms with Gasteiger partial charge in [0, 0.05) is 19.8 Å². The van der Waals surface area contributed by atoms with Crippen molar-refractivity contribution < 1.29 is 18.1 Å². The Morgan fingerprint density at radius 2 is 2.24 bits per heavy atom. The minimum atomic E-state index is -4.47. The van der Waals surface area contributed by atoms with Crippen LogP contribution >= 0.6 is 11.6 Å². The molecule has 0 saturated carbocycles. The van der Waals surface area contributed by atoms with E-state index < -0.39 is 17.6 Å². The third kappa shape index (κ3) is 6.80. The number of hydrogen-bond acceptors (Lipinski definition) is 5. The van der Waals surface area contributed by atoms with E-state index in [1.807, 2.05) is 5.32 Å². The number of alkyl halides is 3. The summed E-state index contributed by atoms with van der Waals surface area (Å²) in [6, 6.07) is 3.14. The fourth-order valence-corrected chi connectivity index (χ4v) is 1.54. The molecule has 0 radical (unpaired) electrons. The molecule has 0 aliphatic carbocycles. The van der Waals surface area contributed by atoms with E-state index in [1.165, 1.54) is 24.2 Å². The molecular weight excluding hydrogens is 313 g/mol. The molecule has 0 unspecified atom stereocenters. The lowest BCUT2D eigenvalue weighted by Crippen LogP contribution is -2.35. The van der Waals surface area contributed by atoms with Gasteiger partial charge in [-0.05, 0) is 11.6 Å². The minimum absolute atomic E-state index is 0.134. The zero-order valence-electron chi connectivity index (χ0n) is 10.9. The Kier molecular flexibility index (Phi) is 5.77. The number of pyridine rings is 1. The predicted octanol–water partition coefficient (Wildman–Crippen LogP) is 2.39. The minimum Gasteiger partial charge on any atom is -0.358 e. The van der Waals surface area contributed by atoms with Crippen LogP contribution in [0.5, 0.6) is 0 Å². The average molecular weight is 325 g/mol. The number of hydrogen-bond donors (Lipinski definition) is 1. The van der Waals surface area contributed by atoms with Gasteiger partial charge in [0.1, 0.15) is 11.7 Å². The number of nitrogens with one attached hydrogen (secondary N) is 1. The largest absolute Gasteiger partial charge is 0.405 e. The zero-order chi connectivity index (χ0) is 16.0. The summed E-state index contributed by atoms with van der Waals surface area (Å²) in [5, 5.41) is 12.8. The van der Waals surface area contributed by atoms with Crippen molar-refractivity contribution in [1.29, 1.82) is 0 Å². The first-order chi connectivity index (χ1) is 9.67. The van der Waals surface area contributed by atoms with Crippen LogP contribution in [0, 0.1) is 10.1 Å². The lowest BCUT2D eigenvalue weighted by Gasteiger charge is -2.22. The number of aromatic nitrogens is 1. The SMILES string of the molecule is CN(Cc1ccc(Cl)nc1)C(=C[N+](=O)[O-])NCC(F)(F)F. The van der Waals surface area contributed by atoms with Crippen LogP contribution in [0.2, 0.25) is 5.15 Å². The van der Waals surface area contributed by atoms with E-state index in [1.54, 1.807) is 6.07 Å². The van der Waals surface area contributed by atoms with Crippen LogP contribution in [-0.4, -0.2) is 34.6 Å². The second-order valence-electron chi connectivity index (χ2n) is 4.11. The van der Waals surface area contributed by atoms with Crippen molar-refractivity contribution >= 4 is 11.6 Å². The van der Waals surface area contributed by atoms with Gasteiger partial charge >= 0.3 is 6.18 Å². The molecule has 0 atom stereocenters. The van der Waals surface area contributed by atoms with Crippen LogP contribution in [-0.2, 0) is 6.54 Å². The summed E-state index contributed by atoms with van der Waals surface area (Å²) in [4.78, 5) is 14.8. The topological polar surface area (TPSA) is 71.3 Å². The molecule has 0 fully saturated rings. The highest BCUT2D eigenvalue weighted by atomic mass is 35.5. The molecule has 0 aliphatic heterocycles. The van der Waals surface area contributed by atoms with Gasteiger partial charge in [-0.3, -0.25) is 10.1 Å². The molecule has 116 valence electrons. The third-order valence-corrected chi connectivity index (χ3v) is 2.54. The quantitative estimate of drug-likeness (QED) is 0.494. The van der Waals surface area contributed by atoms with Crippen LogP contribution in [0.1, 0.15) is 5.56 Å². The van der Waals surface area contributed by atoms with E-state index in [4.69, 9.17) is 11.6 Å². The van der Waals surface area contributed by atoms with Gasteiger partial charge in [-0.15, -0.1) is 0 Å². The lowest BCUT2D eigenvalue weighted by atomic mass is 10.3. The second kappa shape index (κ2) is 7.11. The van der Waals surface area contributed by atoms with Gasteiger partial charge in [0.25, 0.3) is 6.20 Å². The smallest absolute Gasteiger partial charge is 0.358 e. The van der Waals surface area contributed by atoms with Crippen molar-refractivity contribution in [1.82, 2.24) is 15.2 Å². The van der Waals surface area contributed by atoms with Crippen molar-refractivity contribution in [3.05, 3.63) is 51.2 Å². The molecular formula is C11H12ClF3N4O2. The molecule has 0 bridgehead atoms. The summed E-state index contributed by atoms with van der Waals surface area (Å²) in [5.74, 6) is -0.257. The van der Waals surface area contributed by atoms with Gasteiger partial charge in [-0.1, -0.05) is 17.7 Å². The Balaban J connectivity index is 2.78. The summed E-state index contributed by atoms with van der Waals surface area (Å²) in [6.45, 7) is -1.23. The molecule has 1 aromatic heterocycles. The zero-order valence-corrected chi connectivity index (χ0v) is 11.6. The molecule has 1 N–H and O–H groups in total. The van der Waals surface area contributed by atoms with E-state index in [0.717, 1.165) is 0 Å². The summed E-state index contributed by atoms with van der Waals surface area (Å²) >= 11 is 5.62. The average Bonchev–Trinajstić information content (AvgIpc) is 2.35. The summed E-state index contributed by atoms with van der Waals surface area (Å²) in [6.07, 6.45) is -2.56. The first-order valence-electron chi connectivity index (χ1n) is 5.65. The van der Waals surface area contributed by atoms with Crippen molar-refractivity contribution in [3.8, 4) is 0 Å². The maximum atomic E-state index is 12.2. The molecule has 1 aromatic rings. The fourth-order valence-electron chi connectivity index (χ4n) is 1.43. The van der Waals surface area contributed by atoms with E-state index in [-0.39, 0.29) is 17.5 Å². The van der Waals surface area contributed by atoms with Crippen LogP contribution in [0.3, 0.4) is 0 Å². The second-order valence-corrected chi connectivity index (χ2v) is 4.50. The van der Waals surface area contributed by atoms with E-state index in [9.17, 15) is 23.3 Å². The van der Waals surface area contributed by atoms with Crippen LogP contribution in [0.25, 0.3) is 0 Å². The van der Waals surface area contributed by atoms with Gasteiger partial charge < -0.3 is 10.2 Å². The van der Waals surface area contributed by atoms with Gasteiger partial charge in [-0.2, -0.15) is 13.2 Å². The molecule has 1 heterocycles. The van der Waals surface area contributed by atoms with E-state index in [2.05, 4.69) is 4.98 Å². The normalized spacial score (nSPS) is 12.1. The van der Waals surface area contributed by atoms with Crippen LogP contribution in [0.4, 0.5) is 13.2 Å². The number of halogens is 4. The standard InChI is InChI=1S/C11H12ClF3N4O2/c1-18(5-8-2-3-9(12)16-4-8)10(6-19(20)21)17-7-11(13,14)15/h2-4,6,17H,5,7H2,1H3. The molecule has 6 nitrogen and oxygen atoms in total. The Bertz CT molecular complexity index is 519. The highest BCUT2D eigenvalue weighted by Gasteiger charge is 2.28. The Morgan fingerprint density at radius 3 is 2.71 bits per heavy atom. The summed E-state index contributed by atoms with van der Waals surface area (Å²) in [7, 11) is 1.42. The third-order valence-electron chi connectivity index (χ3n) is 2.32. The summed E-state index contributed by atoms with van der Waals surface area (Å²) in [5.41, 5.74) is 0.643. The highest BCUT2D eigenvalue weighted by molar-refractivity contribution is 6.29. The molecule has 10 heteroatoms. The highest BCUT2D eigenvalue weighted by Crippen LogP contribution is 2.15. The molecule has 0 saturated heterocycles. The number of nitrogens with zero attached hydrogens (tertiary/aromatic N) is 3. The number of nitro groups is 1.